The molecule has 1 aromatic carbocycles. The van der Waals surface area contributed by atoms with Crippen molar-refractivity contribution < 1.29 is 9.84 Å². The van der Waals surface area contributed by atoms with Crippen LogP contribution in [0.15, 0.2) is 18.2 Å². The first kappa shape index (κ1) is 11.6. The average molecular weight is 220 g/mol. The van der Waals surface area contributed by atoms with Crippen molar-refractivity contribution in [3.05, 3.63) is 34.9 Å². The van der Waals surface area contributed by atoms with Gasteiger partial charge in [0.25, 0.3) is 0 Å². The van der Waals surface area contributed by atoms with Crippen molar-refractivity contribution in [2.75, 3.05) is 13.2 Å². The normalized spacial score (nSPS) is 25.7. The predicted octanol–water partition coefficient (Wildman–Crippen LogP) is 2.39. The summed E-state index contributed by atoms with van der Waals surface area (Å²) in [4.78, 5) is 0. The van der Waals surface area contributed by atoms with Gasteiger partial charge in [-0.05, 0) is 32.3 Å². The van der Waals surface area contributed by atoms with Crippen molar-refractivity contribution in [1.82, 2.24) is 0 Å². The Hall–Kier alpha value is -0.860. The first-order valence-electron chi connectivity index (χ1n) is 5.95. The van der Waals surface area contributed by atoms with Crippen LogP contribution in [0.25, 0.3) is 0 Å². The maximum absolute atomic E-state index is 10.4. The van der Waals surface area contributed by atoms with Crippen molar-refractivity contribution in [2.45, 2.75) is 38.7 Å². The Balaban J connectivity index is 2.13. The molecule has 16 heavy (non-hydrogen) atoms. The zero-order valence-corrected chi connectivity index (χ0v) is 10.1. The van der Waals surface area contributed by atoms with E-state index in [0.717, 1.165) is 19.4 Å². The zero-order chi connectivity index (χ0) is 11.6. The molecule has 1 aromatic rings. The highest BCUT2D eigenvalue weighted by Gasteiger charge is 2.30. The number of aryl methyl sites for hydroxylation is 2. The third kappa shape index (κ3) is 2.83. The molecule has 0 bridgehead atoms. The Labute approximate surface area is 97.3 Å². The smallest absolute Gasteiger partial charge is 0.0921 e. The van der Waals surface area contributed by atoms with Gasteiger partial charge in [0.2, 0.25) is 0 Å². The largest absolute Gasteiger partial charge is 0.387 e. The summed E-state index contributed by atoms with van der Waals surface area (Å²) in [6.07, 6.45) is 2.51. The Bertz CT molecular complexity index is 345. The minimum atomic E-state index is -0.654. The number of ether oxygens (including phenoxy) is 1. The number of rotatable bonds is 2. The van der Waals surface area contributed by atoms with Crippen LogP contribution in [0.1, 0.15) is 29.5 Å². The molecule has 1 saturated heterocycles. The second kappa shape index (κ2) is 4.56. The van der Waals surface area contributed by atoms with E-state index in [0.29, 0.717) is 13.0 Å². The van der Waals surface area contributed by atoms with Gasteiger partial charge in [0.1, 0.15) is 0 Å². The third-order valence-corrected chi connectivity index (χ3v) is 3.12. The van der Waals surface area contributed by atoms with Gasteiger partial charge in [-0.1, -0.05) is 29.3 Å². The standard InChI is InChI=1S/C14H20O2/c1-11-6-12(2)8-13(7-11)9-14(15)4-3-5-16-10-14/h6-8,15H,3-5,9-10H2,1-2H3. The van der Waals surface area contributed by atoms with Crippen LogP contribution in [0.4, 0.5) is 0 Å². The quantitative estimate of drug-likeness (QED) is 0.829. The molecule has 1 heterocycles. The summed E-state index contributed by atoms with van der Waals surface area (Å²) in [6.45, 7) is 5.45. The van der Waals surface area contributed by atoms with Crippen LogP contribution in [0.2, 0.25) is 0 Å². The second-order valence-electron chi connectivity index (χ2n) is 5.05. The molecule has 0 aliphatic carbocycles. The molecule has 2 nitrogen and oxygen atoms in total. The van der Waals surface area contributed by atoms with E-state index in [2.05, 4.69) is 32.0 Å². The van der Waals surface area contributed by atoms with Gasteiger partial charge < -0.3 is 9.84 Å². The summed E-state index contributed by atoms with van der Waals surface area (Å²) in [5.41, 5.74) is 3.08. The first-order chi connectivity index (χ1) is 7.57. The molecular weight excluding hydrogens is 200 g/mol. The van der Waals surface area contributed by atoms with Gasteiger partial charge in [-0.15, -0.1) is 0 Å². The molecule has 1 fully saturated rings. The predicted molar refractivity (Wildman–Crippen MR) is 64.6 cm³/mol. The zero-order valence-electron chi connectivity index (χ0n) is 10.1. The molecule has 88 valence electrons. The van der Waals surface area contributed by atoms with E-state index < -0.39 is 5.60 Å². The molecule has 1 atom stereocenters. The van der Waals surface area contributed by atoms with Crippen LogP contribution in [-0.4, -0.2) is 23.9 Å². The first-order valence-corrected chi connectivity index (χ1v) is 5.95. The molecule has 1 aliphatic rings. The van der Waals surface area contributed by atoms with E-state index in [9.17, 15) is 5.11 Å². The van der Waals surface area contributed by atoms with Crippen LogP contribution in [0.5, 0.6) is 0 Å². The third-order valence-electron chi connectivity index (χ3n) is 3.12. The van der Waals surface area contributed by atoms with E-state index in [-0.39, 0.29) is 0 Å². The molecule has 0 radical (unpaired) electrons. The fourth-order valence-electron chi connectivity index (χ4n) is 2.53. The Morgan fingerprint density at radius 1 is 1.25 bits per heavy atom. The lowest BCUT2D eigenvalue weighted by Gasteiger charge is -2.32. The Morgan fingerprint density at radius 3 is 2.50 bits per heavy atom. The summed E-state index contributed by atoms with van der Waals surface area (Å²) in [5.74, 6) is 0. The summed E-state index contributed by atoms with van der Waals surface area (Å²) in [5, 5.41) is 10.4. The summed E-state index contributed by atoms with van der Waals surface area (Å²) < 4.78 is 5.37. The number of aliphatic hydroxyl groups is 1. The molecule has 1 N–H and O–H groups in total. The Kier molecular flexibility index (Phi) is 3.31. The van der Waals surface area contributed by atoms with Crippen molar-refractivity contribution in [3.63, 3.8) is 0 Å². The van der Waals surface area contributed by atoms with Gasteiger partial charge in [-0.2, -0.15) is 0 Å². The fraction of sp³-hybridized carbons (Fsp3) is 0.571. The SMILES string of the molecule is Cc1cc(C)cc(CC2(O)CCCOC2)c1. The molecule has 0 amide bonds. The van der Waals surface area contributed by atoms with Crippen molar-refractivity contribution in [3.8, 4) is 0 Å². The lowest BCUT2D eigenvalue weighted by molar-refractivity contribution is -0.0845. The van der Waals surface area contributed by atoms with Crippen molar-refractivity contribution in [2.24, 2.45) is 0 Å². The lowest BCUT2D eigenvalue weighted by atomic mass is 9.88. The monoisotopic (exact) mass is 220 g/mol. The number of hydrogen-bond donors (Lipinski definition) is 1. The average Bonchev–Trinajstić information content (AvgIpc) is 2.15. The molecule has 2 heteroatoms. The minimum absolute atomic E-state index is 0.472. The summed E-state index contributed by atoms with van der Waals surface area (Å²) >= 11 is 0. The summed E-state index contributed by atoms with van der Waals surface area (Å²) in [7, 11) is 0. The maximum atomic E-state index is 10.4. The van der Waals surface area contributed by atoms with Gasteiger partial charge in [0.15, 0.2) is 0 Å². The van der Waals surface area contributed by atoms with E-state index >= 15 is 0 Å². The van der Waals surface area contributed by atoms with E-state index in [4.69, 9.17) is 4.74 Å². The molecular formula is C14H20O2. The molecule has 1 aliphatic heterocycles. The van der Waals surface area contributed by atoms with Crippen LogP contribution >= 0.6 is 0 Å². The molecule has 0 aromatic heterocycles. The Morgan fingerprint density at radius 2 is 1.94 bits per heavy atom. The lowest BCUT2D eigenvalue weighted by Crippen LogP contribution is -2.40. The topological polar surface area (TPSA) is 29.5 Å². The molecule has 2 rings (SSSR count). The van der Waals surface area contributed by atoms with E-state index in [1.54, 1.807) is 0 Å². The van der Waals surface area contributed by atoms with Crippen LogP contribution < -0.4 is 0 Å². The van der Waals surface area contributed by atoms with Crippen molar-refractivity contribution in [1.29, 1.82) is 0 Å². The summed E-state index contributed by atoms with van der Waals surface area (Å²) in [6, 6.07) is 6.46. The van der Waals surface area contributed by atoms with Crippen LogP contribution in [0, 0.1) is 13.8 Å². The van der Waals surface area contributed by atoms with Crippen molar-refractivity contribution >= 4 is 0 Å². The van der Waals surface area contributed by atoms with Gasteiger partial charge >= 0.3 is 0 Å². The minimum Gasteiger partial charge on any atom is -0.387 e. The fourth-order valence-corrected chi connectivity index (χ4v) is 2.53. The molecule has 1 unspecified atom stereocenters. The van der Waals surface area contributed by atoms with Gasteiger partial charge in [0.05, 0.1) is 12.2 Å². The highest BCUT2D eigenvalue weighted by Crippen LogP contribution is 2.24. The number of hydrogen-bond acceptors (Lipinski definition) is 2. The molecule has 0 saturated carbocycles. The van der Waals surface area contributed by atoms with E-state index in [1.807, 2.05) is 0 Å². The van der Waals surface area contributed by atoms with E-state index in [1.165, 1.54) is 16.7 Å². The second-order valence-corrected chi connectivity index (χ2v) is 5.05. The van der Waals surface area contributed by atoms with Gasteiger partial charge in [-0.25, -0.2) is 0 Å². The highest BCUT2D eigenvalue weighted by molar-refractivity contribution is 5.29. The highest BCUT2D eigenvalue weighted by atomic mass is 16.5. The van der Waals surface area contributed by atoms with Gasteiger partial charge in [-0.3, -0.25) is 0 Å². The maximum Gasteiger partial charge on any atom is 0.0921 e. The van der Waals surface area contributed by atoms with Gasteiger partial charge in [0, 0.05) is 13.0 Å². The van der Waals surface area contributed by atoms with Crippen LogP contribution in [0.3, 0.4) is 0 Å². The van der Waals surface area contributed by atoms with Crippen LogP contribution in [-0.2, 0) is 11.2 Å². The number of benzene rings is 1. The molecule has 0 spiro atoms.